The Morgan fingerprint density at radius 1 is 0.660 bits per heavy atom. The van der Waals surface area contributed by atoms with E-state index >= 15 is 0 Å². The third-order valence-electron chi connectivity index (χ3n) is 9.37. The van der Waals surface area contributed by atoms with Gasteiger partial charge in [0.25, 0.3) is 0 Å². The standard InChI is InChI=1S/C42H45O2P3/c1-45(2)34(10-7-25-43)9-6-8-29-11-22-37-40(26-29)38-23-16-32(30-12-18-35(19-13-30)46(3)4)28-42(38)39-24-17-33(27-41(37)39)31-14-20-36(21-15-31)47(5)44/h6,9,11-24,26-28,34,43,47H,7-8,10,25H2,1-5H3/b9-6-. The van der Waals surface area contributed by atoms with E-state index in [0.717, 1.165) is 30.1 Å². The molecule has 6 aromatic rings. The van der Waals surface area contributed by atoms with Crippen LogP contribution in [0.2, 0.25) is 0 Å². The molecule has 0 bridgehead atoms. The van der Waals surface area contributed by atoms with Crippen LogP contribution in [0.5, 0.6) is 0 Å². The molecule has 0 spiro atoms. The fraction of sp³-hybridized carbons (Fsp3) is 0.238. The lowest BCUT2D eigenvalue weighted by Gasteiger charge is -2.17. The molecule has 6 aromatic carbocycles. The minimum atomic E-state index is -1.72. The average Bonchev–Trinajstić information content (AvgIpc) is 3.09. The summed E-state index contributed by atoms with van der Waals surface area (Å²) >= 11 is 0. The monoisotopic (exact) mass is 674 g/mol. The van der Waals surface area contributed by atoms with Gasteiger partial charge >= 0.3 is 0 Å². The summed E-state index contributed by atoms with van der Waals surface area (Å²) < 4.78 is 12.1. The van der Waals surface area contributed by atoms with Crippen molar-refractivity contribution in [3.8, 4) is 22.3 Å². The summed E-state index contributed by atoms with van der Waals surface area (Å²) in [6.45, 7) is 11.3. The van der Waals surface area contributed by atoms with Crippen molar-refractivity contribution >= 4 is 66.6 Å². The molecule has 0 aliphatic heterocycles. The first-order valence-electron chi connectivity index (χ1n) is 16.5. The highest BCUT2D eigenvalue weighted by atomic mass is 31.1. The normalized spacial score (nSPS) is 13.4. The summed E-state index contributed by atoms with van der Waals surface area (Å²) in [5.74, 6) is 0. The number of aliphatic hydroxyl groups excluding tert-OH is 1. The van der Waals surface area contributed by atoms with Gasteiger partial charge in [0, 0.05) is 11.9 Å². The number of benzene rings is 6. The number of fused-ring (bicyclic) bond motifs is 6. The highest BCUT2D eigenvalue weighted by Gasteiger charge is 2.13. The van der Waals surface area contributed by atoms with Crippen molar-refractivity contribution in [2.75, 3.05) is 39.9 Å². The third-order valence-corrected chi connectivity index (χ3v) is 13.6. The molecule has 0 fully saturated rings. The van der Waals surface area contributed by atoms with E-state index in [-0.39, 0.29) is 22.5 Å². The molecule has 0 aliphatic carbocycles. The molecule has 240 valence electrons. The van der Waals surface area contributed by atoms with E-state index in [2.05, 4.69) is 130 Å². The van der Waals surface area contributed by atoms with Crippen molar-refractivity contribution in [2.45, 2.75) is 24.9 Å². The van der Waals surface area contributed by atoms with Crippen molar-refractivity contribution in [1.29, 1.82) is 0 Å². The van der Waals surface area contributed by atoms with E-state index in [1.54, 1.807) is 6.66 Å². The zero-order chi connectivity index (χ0) is 33.1. The van der Waals surface area contributed by atoms with Gasteiger partial charge in [-0.2, -0.15) is 0 Å². The molecular formula is C42H45O2P3. The second-order valence-electron chi connectivity index (χ2n) is 13.0. The maximum absolute atomic E-state index is 12.1. The number of rotatable bonds is 11. The van der Waals surface area contributed by atoms with E-state index in [9.17, 15) is 9.67 Å². The van der Waals surface area contributed by atoms with Crippen molar-refractivity contribution in [3.05, 3.63) is 121 Å². The smallest absolute Gasteiger partial charge is 0.101 e. The summed E-state index contributed by atoms with van der Waals surface area (Å²) in [6, 6.07) is 38.1. The Balaban J connectivity index is 1.49. The zero-order valence-electron chi connectivity index (χ0n) is 28.1. The van der Waals surface area contributed by atoms with Gasteiger partial charge in [0.15, 0.2) is 0 Å². The average molecular weight is 675 g/mol. The maximum Gasteiger partial charge on any atom is 0.101 e. The fourth-order valence-electron chi connectivity index (χ4n) is 6.58. The molecule has 0 saturated carbocycles. The minimum Gasteiger partial charge on any atom is -0.396 e. The van der Waals surface area contributed by atoms with Crippen LogP contribution in [0, 0.1) is 0 Å². The van der Waals surface area contributed by atoms with Crippen LogP contribution >= 0.6 is 23.6 Å². The predicted molar refractivity (Wildman–Crippen MR) is 215 cm³/mol. The van der Waals surface area contributed by atoms with E-state index in [1.807, 2.05) is 12.1 Å². The molecule has 6 rings (SSSR count). The quantitative estimate of drug-likeness (QED) is 0.0844. The maximum atomic E-state index is 12.1. The first kappa shape index (κ1) is 33.8. The van der Waals surface area contributed by atoms with Gasteiger partial charge in [0.05, 0.1) is 0 Å². The van der Waals surface area contributed by atoms with Crippen molar-refractivity contribution in [2.24, 2.45) is 0 Å². The van der Waals surface area contributed by atoms with Gasteiger partial charge in [-0.1, -0.05) is 111 Å². The van der Waals surface area contributed by atoms with Gasteiger partial charge in [0.1, 0.15) is 7.80 Å². The summed E-state index contributed by atoms with van der Waals surface area (Å²) in [5, 5.41) is 19.3. The number of hydrogen-bond acceptors (Lipinski definition) is 2. The second kappa shape index (κ2) is 15.0. The molecule has 2 atom stereocenters. The van der Waals surface area contributed by atoms with Gasteiger partial charge in [-0.3, -0.25) is 0 Å². The van der Waals surface area contributed by atoms with Crippen LogP contribution in [-0.2, 0) is 11.0 Å². The van der Waals surface area contributed by atoms with Crippen LogP contribution in [0.1, 0.15) is 18.4 Å². The van der Waals surface area contributed by atoms with E-state index in [4.69, 9.17) is 0 Å². The van der Waals surface area contributed by atoms with E-state index < -0.39 is 7.80 Å². The number of aliphatic hydroxyl groups is 1. The molecule has 0 aliphatic rings. The van der Waals surface area contributed by atoms with Crippen molar-refractivity contribution in [3.63, 3.8) is 0 Å². The summed E-state index contributed by atoms with van der Waals surface area (Å²) in [5.41, 5.74) is 6.64. The van der Waals surface area contributed by atoms with Crippen molar-refractivity contribution < 1.29 is 9.67 Å². The SMILES string of the molecule is CP(C)c1ccc(-c2ccc3c4cc(C/C=C\C(CCCO)P(C)C)ccc4c4cc(-c5ccc([PH](C)=O)cc5)ccc4c3c2)cc1. The van der Waals surface area contributed by atoms with Gasteiger partial charge < -0.3 is 9.67 Å². The summed E-state index contributed by atoms with van der Waals surface area (Å²) in [7, 11) is -1.93. The first-order chi connectivity index (χ1) is 22.7. The lowest BCUT2D eigenvalue weighted by atomic mass is 9.89. The Morgan fingerprint density at radius 3 is 1.68 bits per heavy atom. The van der Waals surface area contributed by atoms with Gasteiger partial charge in [0.2, 0.25) is 0 Å². The fourth-order valence-corrected chi connectivity index (χ4v) is 9.12. The molecule has 47 heavy (non-hydrogen) atoms. The Labute approximate surface area is 283 Å². The highest BCUT2D eigenvalue weighted by molar-refractivity contribution is 7.64. The second-order valence-corrected chi connectivity index (χ2v) is 19.6. The molecule has 0 aromatic heterocycles. The summed E-state index contributed by atoms with van der Waals surface area (Å²) in [6.07, 6.45) is 7.52. The van der Waals surface area contributed by atoms with Gasteiger partial charge in [-0.15, -0.1) is 7.92 Å². The summed E-state index contributed by atoms with van der Waals surface area (Å²) in [4.78, 5) is 0. The molecule has 1 N–H and O–H groups in total. The Kier molecular flexibility index (Phi) is 10.8. The molecule has 2 nitrogen and oxygen atoms in total. The van der Waals surface area contributed by atoms with E-state index in [0.29, 0.717) is 5.66 Å². The van der Waals surface area contributed by atoms with E-state index in [1.165, 1.54) is 59.9 Å². The number of hydrogen-bond donors (Lipinski definition) is 1. The lowest BCUT2D eigenvalue weighted by Crippen LogP contribution is -2.02. The Morgan fingerprint density at radius 2 is 1.17 bits per heavy atom. The molecule has 2 unspecified atom stereocenters. The van der Waals surface area contributed by atoms with Crippen LogP contribution in [0.25, 0.3) is 54.6 Å². The Hall–Kier alpha value is -3.11. The largest absolute Gasteiger partial charge is 0.396 e. The van der Waals surface area contributed by atoms with Crippen LogP contribution in [0.4, 0.5) is 0 Å². The lowest BCUT2D eigenvalue weighted by molar-refractivity contribution is 0.285. The molecule has 0 saturated heterocycles. The van der Waals surface area contributed by atoms with Crippen molar-refractivity contribution in [1.82, 2.24) is 0 Å². The predicted octanol–water partition coefficient (Wildman–Crippen LogP) is 10.6. The number of allylic oxidation sites excluding steroid dienone is 2. The molecule has 0 amide bonds. The molecular weight excluding hydrogens is 629 g/mol. The third kappa shape index (κ3) is 7.48. The van der Waals surface area contributed by atoms with Gasteiger partial charge in [-0.05, 0) is 136 Å². The Bertz CT molecular complexity index is 2080. The zero-order valence-corrected chi connectivity index (χ0v) is 30.9. The molecule has 0 heterocycles. The highest BCUT2D eigenvalue weighted by Crippen LogP contribution is 2.40. The minimum absolute atomic E-state index is 0.0944. The van der Waals surface area contributed by atoms with Crippen LogP contribution in [-0.4, -0.2) is 50.7 Å². The molecule has 0 radical (unpaired) electrons. The molecule has 5 heteroatoms. The van der Waals surface area contributed by atoms with Crippen LogP contribution in [0.15, 0.2) is 115 Å². The van der Waals surface area contributed by atoms with Gasteiger partial charge in [-0.25, -0.2) is 0 Å². The van der Waals surface area contributed by atoms with Crippen LogP contribution < -0.4 is 10.6 Å². The van der Waals surface area contributed by atoms with Crippen LogP contribution in [0.3, 0.4) is 0 Å². The first-order valence-corrected chi connectivity index (χ1v) is 22.9. The topological polar surface area (TPSA) is 37.3 Å².